The van der Waals surface area contributed by atoms with Crippen molar-refractivity contribution >= 4 is 15.9 Å². The van der Waals surface area contributed by atoms with Gasteiger partial charge in [0.05, 0.1) is 4.90 Å². The van der Waals surface area contributed by atoms with Crippen LogP contribution in [0.2, 0.25) is 0 Å². The van der Waals surface area contributed by atoms with E-state index < -0.39 is 28.0 Å². The van der Waals surface area contributed by atoms with Crippen molar-refractivity contribution in [2.75, 3.05) is 13.1 Å². The minimum atomic E-state index is -4.81. The van der Waals surface area contributed by atoms with Crippen molar-refractivity contribution in [2.24, 2.45) is 0 Å². The number of nitrogens with zero attached hydrogens (tertiary/aromatic N) is 1. The first-order valence-electron chi connectivity index (χ1n) is 9.39. The van der Waals surface area contributed by atoms with Gasteiger partial charge in [0.2, 0.25) is 10.0 Å². The molecule has 6 nitrogen and oxygen atoms in total. The summed E-state index contributed by atoms with van der Waals surface area (Å²) < 4.78 is 67.9. The van der Waals surface area contributed by atoms with Crippen molar-refractivity contribution in [2.45, 2.75) is 37.1 Å². The van der Waals surface area contributed by atoms with Gasteiger partial charge in [-0.05, 0) is 48.7 Å². The third kappa shape index (κ3) is 5.51. The first-order chi connectivity index (χ1) is 14.2. The van der Waals surface area contributed by atoms with Crippen molar-refractivity contribution < 1.29 is 31.1 Å². The molecule has 2 aromatic rings. The molecular formula is C20H21F3N2O4S. The molecule has 1 amide bonds. The van der Waals surface area contributed by atoms with E-state index in [-0.39, 0.29) is 17.0 Å². The van der Waals surface area contributed by atoms with E-state index in [0.717, 1.165) is 31.4 Å². The van der Waals surface area contributed by atoms with Gasteiger partial charge in [-0.2, -0.15) is 4.31 Å². The van der Waals surface area contributed by atoms with Gasteiger partial charge in [-0.1, -0.05) is 24.6 Å². The lowest BCUT2D eigenvalue weighted by Crippen LogP contribution is -2.36. The molecule has 1 N–H and O–H groups in total. The van der Waals surface area contributed by atoms with E-state index >= 15 is 0 Å². The van der Waals surface area contributed by atoms with Crippen LogP contribution in [-0.2, 0) is 16.6 Å². The summed E-state index contributed by atoms with van der Waals surface area (Å²) in [5.41, 5.74) is 0.564. The van der Waals surface area contributed by atoms with E-state index in [1.54, 1.807) is 18.2 Å². The van der Waals surface area contributed by atoms with E-state index in [1.807, 2.05) is 0 Å². The maximum Gasteiger partial charge on any atom is 0.573 e. The fourth-order valence-electron chi connectivity index (χ4n) is 3.23. The van der Waals surface area contributed by atoms with Crippen LogP contribution in [0.15, 0.2) is 53.4 Å². The first kappa shape index (κ1) is 22.1. The lowest BCUT2D eigenvalue weighted by atomic mass is 10.2. The third-order valence-electron chi connectivity index (χ3n) is 4.69. The zero-order valence-electron chi connectivity index (χ0n) is 16.0. The van der Waals surface area contributed by atoms with Crippen LogP contribution in [0.1, 0.15) is 35.2 Å². The Morgan fingerprint density at radius 1 is 1.00 bits per heavy atom. The van der Waals surface area contributed by atoms with Gasteiger partial charge in [-0.25, -0.2) is 8.42 Å². The lowest BCUT2D eigenvalue weighted by molar-refractivity contribution is -0.274. The van der Waals surface area contributed by atoms with E-state index in [1.165, 1.54) is 22.5 Å². The average molecular weight is 442 g/mol. The Balaban J connectivity index is 1.70. The Morgan fingerprint density at radius 2 is 1.63 bits per heavy atom. The molecule has 1 aliphatic heterocycles. The Bertz CT molecular complexity index is 986. The second-order valence-electron chi connectivity index (χ2n) is 6.83. The van der Waals surface area contributed by atoms with Crippen LogP contribution >= 0.6 is 0 Å². The number of sulfonamides is 1. The third-order valence-corrected chi connectivity index (χ3v) is 6.69. The summed E-state index contributed by atoms with van der Waals surface area (Å²) in [6, 6.07) is 10.9. The van der Waals surface area contributed by atoms with E-state index in [2.05, 4.69) is 10.1 Å². The minimum Gasteiger partial charge on any atom is -0.406 e. The van der Waals surface area contributed by atoms with Gasteiger partial charge in [-0.15, -0.1) is 13.2 Å². The summed E-state index contributed by atoms with van der Waals surface area (Å²) in [7, 11) is -3.67. The first-order valence-corrected chi connectivity index (χ1v) is 10.8. The number of hydrogen-bond acceptors (Lipinski definition) is 4. The number of piperidine rings is 1. The van der Waals surface area contributed by atoms with E-state index in [4.69, 9.17) is 0 Å². The molecule has 0 atom stereocenters. The Morgan fingerprint density at radius 3 is 2.27 bits per heavy atom. The molecule has 1 fully saturated rings. The van der Waals surface area contributed by atoms with Crippen LogP contribution < -0.4 is 10.1 Å². The lowest BCUT2D eigenvalue weighted by Gasteiger charge is -2.26. The molecule has 1 aliphatic rings. The highest BCUT2D eigenvalue weighted by Gasteiger charge is 2.31. The standard InChI is InChI=1S/C20H21F3N2O4S/c21-20(22,23)29-17-10-8-15(9-11-17)19(26)24-14-16-6-2-3-7-18(16)30(27,28)25-12-4-1-5-13-25/h2-3,6-11H,1,4-5,12-14H2,(H,24,26). The number of carbonyl (C=O) groups excluding carboxylic acids is 1. The predicted molar refractivity (Wildman–Crippen MR) is 103 cm³/mol. The minimum absolute atomic E-state index is 0.0388. The van der Waals surface area contributed by atoms with E-state index in [0.29, 0.717) is 18.7 Å². The summed E-state index contributed by atoms with van der Waals surface area (Å²) in [6.45, 7) is 0.896. The highest BCUT2D eigenvalue weighted by molar-refractivity contribution is 7.89. The molecule has 1 heterocycles. The summed E-state index contributed by atoms with van der Waals surface area (Å²) >= 11 is 0. The van der Waals surface area contributed by atoms with Gasteiger partial charge >= 0.3 is 6.36 Å². The Hall–Kier alpha value is -2.59. The molecule has 0 radical (unpaired) electrons. The monoisotopic (exact) mass is 442 g/mol. The molecule has 0 aliphatic carbocycles. The number of hydrogen-bond donors (Lipinski definition) is 1. The van der Waals surface area contributed by atoms with Crippen LogP contribution in [0.5, 0.6) is 5.75 Å². The van der Waals surface area contributed by atoms with Crippen molar-refractivity contribution in [1.82, 2.24) is 9.62 Å². The molecule has 1 saturated heterocycles. The van der Waals surface area contributed by atoms with Crippen molar-refractivity contribution in [3.63, 3.8) is 0 Å². The van der Waals surface area contributed by atoms with Crippen LogP contribution in [0, 0.1) is 0 Å². The molecule has 0 aromatic heterocycles. The topological polar surface area (TPSA) is 75.7 Å². The maximum absolute atomic E-state index is 13.0. The molecule has 10 heteroatoms. The fourth-order valence-corrected chi connectivity index (χ4v) is 4.97. The number of ether oxygens (including phenoxy) is 1. The quantitative estimate of drug-likeness (QED) is 0.741. The smallest absolute Gasteiger partial charge is 0.406 e. The molecular weight excluding hydrogens is 421 g/mol. The van der Waals surface area contributed by atoms with Crippen molar-refractivity contribution in [3.05, 3.63) is 59.7 Å². The Kier molecular flexibility index (Phi) is 6.67. The summed E-state index contributed by atoms with van der Waals surface area (Å²) in [6.07, 6.45) is -2.19. The molecule has 0 unspecified atom stereocenters. The summed E-state index contributed by atoms with van der Waals surface area (Å²) in [4.78, 5) is 12.5. The zero-order valence-corrected chi connectivity index (χ0v) is 16.8. The molecule has 0 saturated carbocycles. The molecule has 2 aromatic carbocycles. The van der Waals surface area contributed by atoms with Gasteiger partial charge in [0.25, 0.3) is 5.91 Å². The van der Waals surface area contributed by atoms with E-state index in [9.17, 15) is 26.4 Å². The number of halogens is 3. The average Bonchev–Trinajstić information content (AvgIpc) is 2.72. The molecule has 0 spiro atoms. The molecule has 30 heavy (non-hydrogen) atoms. The molecule has 3 rings (SSSR count). The number of rotatable bonds is 6. The fraction of sp³-hybridized carbons (Fsp3) is 0.350. The largest absolute Gasteiger partial charge is 0.573 e. The number of carbonyl (C=O) groups is 1. The molecule has 162 valence electrons. The summed E-state index contributed by atoms with van der Waals surface area (Å²) in [5, 5.41) is 2.61. The van der Waals surface area contributed by atoms with Crippen LogP contribution in [0.3, 0.4) is 0 Å². The zero-order chi connectivity index (χ0) is 21.8. The number of nitrogens with one attached hydrogen (secondary N) is 1. The number of amides is 1. The van der Waals surface area contributed by atoms with Gasteiger partial charge in [-0.3, -0.25) is 4.79 Å². The summed E-state index contributed by atoms with van der Waals surface area (Å²) in [5.74, 6) is -0.976. The van der Waals surface area contributed by atoms with Gasteiger partial charge in [0.1, 0.15) is 5.75 Å². The molecule has 0 bridgehead atoms. The normalized spacial score (nSPS) is 15.6. The van der Waals surface area contributed by atoms with Crippen LogP contribution in [0.25, 0.3) is 0 Å². The van der Waals surface area contributed by atoms with Crippen LogP contribution in [-0.4, -0.2) is 38.1 Å². The second-order valence-corrected chi connectivity index (χ2v) is 8.73. The second kappa shape index (κ2) is 9.05. The predicted octanol–water partition coefficient (Wildman–Crippen LogP) is 3.69. The SMILES string of the molecule is O=C(NCc1ccccc1S(=O)(=O)N1CCCCC1)c1ccc(OC(F)(F)F)cc1. The van der Waals surface area contributed by atoms with Gasteiger partial charge in [0, 0.05) is 25.2 Å². The van der Waals surface area contributed by atoms with Crippen LogP contribution in [0.4, 0.5) is 13.2 Å². The van der Waals surface area contributed by atoms with Crippen molar-refractivity contribution in [3.8, 4) is 5.75 Å². The highest BCUT2D eigenvalue weighted by atomic mass is 32.2. The van der Waals surface area contributed by atoms with Crippen molar-refractivity contribution in [1.29, 1.82) is 0 Å². The number of alkyl halides is 3. The Labute approximate surface area is 172 Å². The van der Waals surface area contributed by atoms with Gasteiger partial charge in [0.15, 0.2) is 0 Å². The highest BCUT2D eigenvalue weighted by Crippen LogP contribution is 2.24. The number of benzene rings is 2. The van der Waals surface area contributed by atoms with Gasteiger partial charge < -0.3 is 10.1 Å². The maximum atomic E-state index is 13.0.